The minimum absolute atomic E-state index is 0.192. The normalized spacial score (nSPS) is 10.7. The number of benzene rings is 2. The van der Waals surface area contributed by atoms with Crippen LogP contribution in [0.15, 0.2) is 71.5 Å². The fourth-order valence-corrected chi connectivity index (χ4v) is 3.57. The molecule has 0 aliphatic heterocycles. The second-order valence-electron chi connectivity index (χ2n) is 6.60. The molecule has 1 amide bonds. The molecule has 0 radical (unpaired) electrons. The van der Waals surface area contributed by atoms with Crippen molar-refractivity contribution in [1.82, 2.24) is 14.6 Å². The summed E-state index contributed by atoms with van der Waals surface area (Å²) in [6.45, 7) is 1.53. The Kier molecular flexibility index (Phi) is 5.58. The van der Waals surface area contributed by atoms with E-state index in [-0.39, 0.29) is 5.56 Å². The summed E-state index contributed by atoms with van der Waals surface area (Å²) >= 11 is 3.40. The molecule has 0 fully saturated rings. The molecule has 7 nitrogen and oxygen atoms in total. The van der Waals surface area contributed by atoms with Crippen LogP contribution in [0.2, 0.25) is 0 Å². The van der Waals surface area contributed by atoms with Crippen LogP contribution >= 0.6 is 15.9 Å². The minimum atomic E-state index is -0.666. The number of amides is 1. The molecule has 1 N–H and O–H groups in total. The molecule has 0 atom stereocenters. The topological polar surface area (TPSA) is 85.6 Å². The maximum atomic E-state index is 12.5. The number of aryl methyl sites for hydroxylation is 1. The molecular formula is C22H17BrN4O3. The fraction of sp³-hybridized carbons (Fsp3) is 0.0909. The average molecular weight is 465 g/mol. The second-order valence-corrected chi connectivity index (χ2v) is 7.45. The summed E-state index contributed by atoms with van der Waals surface area (Å²) in [7, 11) is 0. The number of aromatic nitrogens is 3. The lowest BCUT2D eigenvalue weighted by Gasteiger charge is -2.08. The number of hydrogen-bond acceptors (Lipinski definition) is 5. The van der Waals surface area contributed by atoms with Gasteiger partial charge in [0.15, 0.2) is 12.3 Å². The maximum absolute atomic E-state index is 12.5. The first kappa shape index (κ1) is 19.8. The monoisotopic (exact) mass is 464 g/mol. The molecular weight excluding hydrogens is 448 g/mol. The number of carbonyl (C=O) groups excluding carboxylic acids is 2. The number of nitrogens with one attached hydrogen (secondary N) is 1. The van der Waals surface area contributed by atoms with Crippen molar-refractivity contribution >= 4 is 39.1 Å². The Morgan fingerprint density at radius 2 is 1.93 bits per heavy atom. The second kappa shape index (κ2) is 8.46. The highest BCUT2D eigenvalue weighted by Crippen LogP contribution is 2.23. The molecule has 0 bridgehead atoms. The summed E-state index contributed by atoms with van der Waals surface area (Å²) in [4.78, 5) is 29.0. The Labute approximate surface area is 180 Å². The van der Waals surface area contributed by atoms with E-state index in [1.807, 2.05) is 55.5 Å². The van der Waals surface area contributed by atoms with Crippen LogP contribution in [0.5, 0.6) is 0 Å². The number of anilines is 1. The summed E-state index contributed by atoms with van der Waals surface area (Å²) in [6.07, 6.45) is 3.00. The van der Waals surface area contributed by atoms with E-state index >= 15 is 0 Å². The van der Waals surface area contributed by atoms with Gasteiger partial charge >= 0.3 is 5.97 Å². The predicted molar refractivity (Wildman–Crippen MR) is 116 cm³/mol. The van der Waals surface area contributed by atoms with Crippen molar-refractivity contribution in [2.24, 2.45) is 0 Å². The Morgan fingerprint density at radius 3 is 2.70 bits per heavy atom. The van der Waals surface area contributed by atoms with Crippen molar-refractivity contribution in [3.63, 3.8) is 0 Å². The molecule has 0 aliphatic carbocycles. The number of carbonyl (C=O) groups is 2. The highest BCUT2D eigenvalue weighted by Gasteiger charge is 2.18. The summed E-state index contributed by atoms with van der Waals surface area (Å²) in [5.41, 5.74) is 3.95. The van der Waals surface area contributed by atoms with Gasteiger partial charge in [0.1, 0.15) is 5.56 Å². The summed E-state index contributed by atoms with van der Waals surface area (Å²) in [6, 6.07) is 17.0. The average Bonchev–Trinajstić information content (AvgIpc) is 3.19. The van der Waals surface area contributed by atoms with Crippen molar-refractivity contribution in [1.29, 1.82) is 0 Å². The van der Waals surface area contributed by atoms with E-state index in [1.54, 1.807) is 16.8 Å². The van der Waals surface area contributed by atoms with Gasteiger partial charge in [0.05, 0.1) is 17.6 Å². The van der Waals surface area contributed by atoms with E-state index in [9.17, 15) is 9.59 Å². The third-order valence-electron chi connectivity index (χ3n) is 4.42. The molecule has 0 spiro atoms. The van der Waals surface area contributed by atoms with Gasteiger partial charge in [-0.15, -0.1) is 0 Å². The standard InChI is InChI=1S/C22H17BrN4O3/c1-14-7-8-18(17(23)11-14)26-20(28)13-30-22(29)16-12-25-27-19(9-10-24-21(16)27)15-5-3-2-4-6-15/h2-12H,13H2,1H3,(H,26,28). The molecule has 0 unspecified atom stereocenters. The van der Waals surface area contributed by atoms with Gasteiger partial charge in [-0.2, -0.15) is 5.10 Å². The van der Waals surface area contributed by atoms with Crippen LogP contribution in [0.3, 0.4) is 0 Å². The zero-order valence-electron chi connectivity index (χ0n) is 16.0. The van der Waals surface area contributed by atoms with Crippen LogP contribution in [-0.4, -0.2) is 33.1 Å². The van der Waals surface area contributed by atoms with Gasteiger partial charge in [0.25, 0.3) is 5.91 Å². The van der Waals surface area contributed by atoms with Crippen molar-refractivity contribution < 1.29 is 14.3 Å². The first-order valence-electron chi connectivity index (χ1n) is 9.14. The van der Waals surface area contributed by atoms with Crippen molar-refractivity contribution in [3.05, 3.63) is 82.6 Å². The highest BCUT2D eigenvalue weighted by molar-refractivity contribution is 9.10. The van der Waals surface area contributed by atoms with Crippen LogP contribution in [0.1, 0.15) is 15.9 Å². The zero-order chi connectivity index (χ0) is 21.1. The minimum Gasteiger partial charge on any atom is -0.452 e. The first-order valence-corrected chi connectivity index (χ1v) is 9.93. The number of ether oxygens (including phenoxy) is 1. The molecule has 150 valence electrons. The lowest BCUT2D eigenvalue weighted by atomic mass is 10.1. The molecule has 2 aromatic heterocycles. The Bertz CT molecular complexity index is 1240. The van der Waals surface area contributed by atoms with Crippen LogP contribution in [0.4, 0.5) is 5.69 Å². The molecule has 0 aliphatic rings. The molecule has 2 heterocycles. The number of hydrogen-bond donors (Lipinski definition) is 1. The van der Waals surface area contributed by atoms with E-state index < -0.39 is 18.5 Å². The van der Waals surface area contributed by atoms with E-state index in [0.29, 0.717) is 11.3 Å². The smallest absolute Gasteiger partial charge is 0.344 e. The first-order chi connectivity index (χ1) is 14.5. The van der Waals surface area contributed by atoms with E-state index in [0.717, 1.165) is 21.3 Å². The summed E-state index contributed by atoms with van der Waals surface area (Å²) < 4.78 is 7.51. The van der Waals surface area contributed by atoms with Crippen LogP contribution in [0.25, 0.3) is 16.9 Å². The van der Waals surface area contributed by atoms with Gasteiger partial charge in [0.2, 0.25) is 0 Å². The SMILES string of the molecule is Cc1ccc(NC(=O)COC(=O)c2cnn3c(-c4ccccc4)ccnc23)c(Br)c1. The number of halogens is 1. The predicted octanol–water partition coefficient (Wildman–Crippen LogP) is 4.26. The largest absolute Gasteiger partial charge is 0.452 e. The van der Waals surface area contributed by atoms with Gasteiger partial charge in [0, 0.05) is 16.2 Å². The molecule has 4 rings (SSSR count). The molecule has 30 heavy (non-hydrogen) atoms. The van der Waals surface area contributed by atoms with Crippen LogP contribution in [-0.2, 0) is 9.53 Å². The summed E-state index contributed by atoms with van der Waals surface area (Å²) in [5, 5.41) is 6.98. The van der Waals surface area contributed by atoms with Crippen LogP contribution in [0, 0.1) is 6.92 Å². The van der Waals surface area contributed by atoms with E-state index in [1.165, 1.54) is 6.20 Å². The zero-order valence-corrected chi connectivity index (χ0v) is 17.6. The lowest BCUT2D eigenvalue weighted by Crippen LogP contribution is -2.21. The molecule has 8 heteroatoms. The Balaban J connectivity index is 1.48. The maximum Gasteiger partial charge on any atom is 0.344 e. The van der Waals surface area contributed by atoms with Gasteiger partial charge in [-0.1, -0.05) is 36.4 Å². The van der Waals surface area contributed by atoms with E-state index in [2.05, 4.69) is 31.3 Å². The van der Waals surface area contributed by atoms with Gasteiger partial charge in [-0.25, -0.2) is 14.3 Å². The Hall–Kier alpha value is -3.52. The van der Waals surface area contributed by atoms with Crippen molar-refractivity contribution in [2.45, 2.75) is 6.92 Å². The molecule has 4 aromatic rings. The van der Waals surface area contributed by atoms with Gasteiger partial charge in [-0.3, -0.25) is 4.79 Å². The molecule has 2 aromatic carbocycles. The van der Waals surface area contributed by atoms with Crippen molar-refractivity contribution in [2.75, 3.05) is 11.9 Å². The van der Waals surface area contributed by atoms with Crippen LogP contribution < -0.4 is 5.32 Å². The quantitative estimate of drug-likeness (QED) is 0.445. The highest BCUT2D eigenvalue weighted by atomic mass is 79.9. The number of nitrogens with zero attached hydrogens (tertiary/aromatic N) is 3. The number of esters is 1. The number of fused-ring (bicyclic) bond motifs is 1. The third-order valence-corrected chi connectivity index (χ3v) is 5.08. The Morgan fingerprint density at radius 1 is 1.13 bits per heavy atom. The third kappa shape index (κ3) is 4.08. The van der Waals surface area contributed by atoms with Gasteiger partial charge < -0.3 is 10.1 Å². The lowest BCUT2D eigenvalue weighted by molar-refractivity contribution is -0.119. The summed E-state index contributed by atoms with van der Waals surface area (Å²) in [5.74, 6) is -1.11. The number of rotatable bonds is 5. The van der Waals surface area contributed by atoms with Crippen molar-refractivity contribution in [3.8, 4) is 11.3 Å². The molecule has 0 saturated carbocycles. The molecule has 0 saturated heterocycles. The van der Waals surface area contributed by atoms with E-state index in [4.69, 9.17) is 4.74 Å². The van der Waals surface area contributed by atoms with Gasteiger partial charge in [-0.05, 0) is 46.6 Å². The fourth-order valence-electron chi connectivity index (χ4n) is 2.98.